The van der Waals surface area contributed by atoms with Crippen LogP contribution in [0.5, 0.6) is 0 Å². The summed E-state index contributed by atoms with van der Waals surface area (Å²) >= 11 is 1.71. The quantitative estimate of drug-likeness (QED) is 0.444. The number of hydrogen-bond donors (Lipinski definition) is 0. The van der Waals surface area contributed by atoms with E-state index in [1.807, 2.05) is 50.2 Å². The van der Waals surface area contributed by atoms with E-state index in [1.54, 1.807) is 11.3 Å². The molecule has 0 aliphatic carbocycles. The SMILES string of the molecule is CCOP(=O)(C[P+](c1ccccc1)(c1ccccc1)c1cccs1)OCC. The Hall–Kier alpha value is -1.28. The van der Waals surface area contributed by atoms with E-state index >= 15 is 0 Å². The zero-order valence-electron chi connectivity index (χ0n) is 15.7. The van der Waals surface area contributed by atoms with E-state index in [-0.39, 0.29) is 0 Å². The van der Waals surface area contributed by atoms with Gasteiger partial charge in [0, 0.05) is 0 Å². The zero-order valence-corrected chi connectivity index (χ0v) is 18.3. The van der Waals surface area contributed by atoms with Crippen molar-refractivity contribution >= 4 is 41.4 Å². The summed E-state index contributed by atoms with van der Waals surface area (Å²) in [6.07, 6.45) is 0. The second kappa shape index (κ2) is 9.28. The summed E-state index contributed by atoms with van der Waals surface area (Å²) in [5.41, 5.74) is 0. The molecule has 6 heteroatoms. The third kappa shape index (κ3) is 4.42. The average molecular weight is 419 g/mol. The molecule has 3 rings (SSSR count). The van der Waals surface area contributed by atoms with E-state index in [9.17, 15) is 4.57 Å². The molecule has 27 heavy (non-hydrogen) atoms. The van der Waals surface area contributed by atoms with Gasteiger partial charge >= 0.3 is 7.60 Å². The van der Waals surface area contributed by atoms with E-state index in [1.165, 1.54) is 15.2 Å². The monoisotopic (exact) mass is 419 g/mol. The lowest BCUT2D eigenvalue weighted by molar-refractivity contribution is 0.224. The van der Waals surface area contributed by atoms with Crippen LogP contribution in [0.15, 0.2) is 78.2 Å². The van der Waals surface area contributed by atoms with Gasteiger partial charge in [-0.05, 0) is 55.6 Å². The summed E-state index contributed by atoms with van der Waals surface area (Å²) in [4.78, 5) is 0. The van der Waals surface area contributed by atoms with Gasteiger partial charge in [0.2, 0.25) is 0 Å². The van der Waals surface area contributed by atoms with Crippen molar-refractivity contribution in [3.63, 3.8) is 0 Å². The Morgan fingerprint density at radius 3 is 1.74 bits per heavy atom. The minimum absolute atomic E-state index is 0.366. The van der Waals surface area contributed by atoms with Gasteiger partial charge in [-0.1, -0.05) is 36.4 Å². The predicted molar refractivity (Wildman–Crippen MR) is 119 cm³/mol. The molecule has 1 heterocycles. The molecule has 2 aromatic carbocycles. The fourth-order valence-corrected chi connectivity index (χ4v) is 13.7. The highest BCUT2D eigenvalue weighted by atomic mass is 32.1. The topological polar surface area (TPSA) is 35.5 Å². The third-order valence-corrected chi connectivity index (χ3v) is 13.9. The minimum atomic E-state index is -3.26. The lowest BCUT2D eigenvalue weighted by Gasteiger charge is -2.29. The molecule has 0 bridgehead atoms. The first-order chi connectivity index (χ1) is 13.1. The Balaban J connectivity index is 2.26. The predicted octanol–water partition coefficient (Wildman–Crippen LogP) is 5.27. The van der Waals surface area contributed by atoms with Crippen molar-refractivity contribution in [3.8, 4) is 0 Å². The molecule has 0 saturated carbocycles. The van der Waals surface area contributed by atoms with Gasteiger partial charge in [-0.25, -0.2) is 0 Å². The summed E-state index contributed by atoms with van der Waals surface area (Å²) in [6, 6.07) is 25.0. The maximum absolute atomic E-state index is 13.7. The number of thiophene rings is 1. The zero-order chi connectivity index (χ0) is 19.2. The highest BCUT2D eigenvalue weighted by molar-refractivity contribution is 8.03. The molecule has 0 atom stereocenters. The summed E-state index contributed by atoms with van der Waals surface area (Å²) in [5, 5.41) is 4.47. The Labute approximate surface area is 166 Å². The van der Waals surface area contributed by atoms with Crippen molar-refractivity contribution in [2.45, 2.75) is 13.8 Å². The maximum atomic E-state index is 13.7. The van der Waals surface area contributed by atoms with Crippen LogP contribution in [0.2, 0.25) is 0 Å². The lowest BCUT2D eigenvalue weighted by atomic mass is 10.4. The van der Waals surface area contributed by atoms with Gasteiger partial charge in [0.15, 0.2) is 10.5 Å². The van der Waals surface area contributed by atoms with Crippen molar-refractivity contribution in [2.24, 2.45) is 0 Å². The Morgan fingerprint density at radius 2 is 1.33 bits per heavy atom. The Bertz CT molecular complexity index is 817. The van der Waals surface area contributed by atoms with E-state index in [0.717, 1.165) is 0 Å². The third-order valence-electron chi connectivity index (χ3n) is 4.31. The smallest absolute Gasteiger partial charge is 0.306 e. The van der Waals surface area contributed by atoms with Gasteiger partial charge in [-0.15, -0.1) is 11.3 Å². The van der Waals surface area contributed by atoms with Gasteiger partial charge in [0.25, 0.3) is 0 Å². The van der Waals surface area contributed by atoms with E-state index < -0.39 is 14.9 Å². The van der Waals surface area contributed by atoms with E-state index in [2.05, 4.69) is 41.8 Å². The van der Waals surface area contributed by atoms with Gasteiger partial charge in [-0.3, -0.25) is 4.57 Å². The lowest BCUT2D eigenvalue weighted by Crippen LogP contribution is -2.32. The molecule has 0 N–H and O–H groups in total. The van der Waals surface area contributed by atoms with Crippen molar-refractivity contribution in [1.82, 2.24) is 0 Å². The molecule has 0 radical (unpaired) electrons. The minimum Gasteiger partial charge on any atom is -0.306 e. The number of benzene rings is 2. The van der Waals surface area contributed by atoms with Crippen LogP contribution in [0.25, 0.3) is 0 Å². The molecule has 0 unspecified atom stereocenters. The first kappa shape index (κ1) is 20.5. The van der Waals surface area contributed by atoms with E-state index in [4.69, 9.17) is 9.05 Å². The van der Waals surface area contributed by atoms with Crippen LogP contribution in [-0.2, 0) is 13.6 Å². The average Bonchev–Trinajstić information content (AvgIpc) is 3.23. The summed E-state index contributed by atoms with van der Waals surface area (Å²) in [5.74, 6) is 0.371. The highest BCUT2D eigenvalue weighted by Gasteiger charge is 2.52. The second-order valence-corrected chi connectivity index (χ2v) is 13.3. The molecule has 0 aliphatic rings. The van der Waals surface area contributed by atoms with Crippen LogP contribution in [0, 0.1) is 0 Å². The molecule has 0 aliphatic heterocycles. The standard InChI is InChI=1S/C21H25O3P2S/c1-3-23-26(22,24-4-2)18-25(21-16-11-17-27-21,19-12-7-5-8-13-19)20-14-9-6-10-15-20/h5-17H,3-4,18H2,1-2H3/q+1. The van der Waals surface area contributed by atoms with Crippen molar-refractivity contribution in [2.75, 3.05) is 19.1 Å². The number of hydrogen-bond acceptors (Lipinski definition) is 4. The number of rotatable bonds is 9. The van der Waals surface area contributed by atoms with Crippen LogP contribution in [-0.4, -0.2) is 19.1 Å². The largest absolute Gasteiger partial charge is 0.368 e. The normalized spacial score (nSPS) is 12.2. The summed E-state index contributed by atoms with van der Waals surface area (Å²) < 4.78 is 26.4. The molecular formula is C21H25O3P2S+. The molecule has 142 valence electrons. The molecule has 0 saturated heterocycles. The second-order valence-electron chi connectivity index (χ2n) is 6.02. The van der Waals surface area contributed by atoms with Crippen LogP contribution in [0.1, 0.15) is 13.8 Å². The summed E-state index contributed by atoms with van der Waals surface area (Å²) in [6.45, 7) is 4.46. The van der Waals surface area contributed by atoms with Crippen molar-refractivity contribution in [1.29, 1.82) is 0 Å². The van der Waals surface area contributed by atoms with Crippen LogP contribution < -0.4 is 15.2 Å². The first-order valence-electron chi connectivity index (χ1n) is 9.06. The van der Waals surface area contributed by atoms with Gasteiger partial charge in [0.1, 0.15) is 17.9 Å². The Morgan fingerprint density at radius 1 is 0.815 bits per heavy atom. The van der Waals surface area contributed by atoms with Crippen molar-refractivity contribution in [3.05, 3.63) is 78.2 Å². The van der Waals surface area contributed by atoms with Gasteiger partial charge in [0.05, 0.1) is 13.2 Å². The van der Waals surface area contributed by atoms with Crippen LogP contribution in [0.4, 0.5) is 0 Å². The molecule has 0 amide bonds. The fraction of sp³-hybridized carbons (Fsp3) is 0.238. The molecular weight excluding hydrogens is 394 g/mol. The maximum Gasteiger partial charge on any atom is 0.368 e. The van der Waals surface area contributed by atoms with Gasteiger partial charge in [-0.2, -0.15) is 0 Å². The summed E-state index contributed by atoms with van der Waals surface area (Å²) in [7, 11) is -5.44. The van der Waals surface area contributed by atoms with Crippen molar-refractivity contribution < 1.29 is 13.6 Å². The first-order valence-corrected chi connectivity index (χ1v) is 13.6. The molecule has 3 nitrogen and oxygen atoms in total. The molecule has 0 fully saturated rings. The van der Waals surface area contributed by atoms with Crippen LogP contribution >= 0.6 is 26.2 Å². The van der Waals surface area contributed by atoms with E-state index in [0.29, 0.717) is 19.1 Å². The fourth-order valence-electron chi connectivity index (χ4n) is 3.26. The highest BCUT2D eigenvalue weighted by Crippen LogP contribution is 2.68. The Kier molecular flexibility index (Phi) is 7.03. The molecule has 0 spiro atoms. The van der Waals surface area contributed by atoms with Crippen LogP contribution in [0.3, 0.4) is 0 Å². The molecule has 1 aromatic heterocycles. The molecule has 3 aromatic rings. The van der Waals surface area contributed by atoms with Gasteiger partial charge < -0.3 is 9.05 Å².